The molecule has 0 radical (unpaired) electrons. The Hall–Kier alpha value is -2.10. The fourth-order valence-corrected chi connectivity index (χ4v) is 5.98. The van der Waals surface area contributed by atoms with Gasteiger partial charge >= 0.3 is 0 Å². The molecule has 1 aromatic carbocycles. The average Bonchev–Trinajstić information content (AvgIpc) is 3.50. The molecule has 160 valence electrons. The summed E-state index contributed by atoms with van der Waals surface area (Å²) in [5.74, 6) is 0.359. The molecule has 0 amide bonds. The molecule has 1 saturated carbocycles. The third kappa shape index (κ3) is 3.81. The fourth-order valence-electron chi connectivity index (χ4n) is 4.37. The molecule has 7 nitrogen and oxygen atoms in total. The van der Waals surface area contributed by atoms with Crippen molar-refractivity contribution in [3.05, 3.63) is 47.7 Å². The minimum atomic E-state index is -3.87. The minimum absolute atomic E-state index is 0.0464. The van der Waals surface area contributed by atoms with Crippen LogP contribution in [0, 0.1) is 12.7 Å². The summed E-state index contributed by atoms with van der Waals surface area (Å²) in [5, 5.41) is 0. The molecule has 1 aromatic heterocycles. The van der Waals surface area contributed by atoms with Crippen molar-refractivity contribution in [2.75, 3.05) is 26.2 Å². The van der Waals surface area contributed by atoms with Crippen LogP contribution in [0.25, 0.3) is 0 Å². The van der Waals surface area contributed by atoms with Gasteiger partial charge in [-0.3, -0.25) is 9.88 Å². The second kappa shape index (κ2) is 7.55. The molecule has 2 aliphatic heterocycles. The van der Waals surface area contributed by atoms with E-state index in [4.69, 9.17) is 4.74 Å². The van der Waals surface area contributed by atoms with Crippen LogP contribution >= 0.6 is 0 Å². The van der Waals surface area contributed by atoms with Gasteiger partial charge < -0.3 is 4.74 Å². The van der Waals surface area contributed by atoms with Gasteiger partial charge in [0.2, 0.25) is 15.9 Å². The molecule has 9 heteroatoms. The number of sulfonamides is 1. The van der Waals surface area contributed by atoms with Crippen LogP contribution in [0.5, 0.6) is 5.88 Å². The lowest BCUT2D eigenvalue weighted by atomic mass is 10.2. The first-order valence-corrected chi connectivity index (χ1v) is 11.8. The first kappa shape index (κ1) is 19.8. The Balaban J connectivity index is 1.25. The van der Waals surface area contributed by atoms with Gasteiger partial charge in [0.1, 0.15) is 16.8 Å². The summed E-state index contributed by atoms with van der Waals surface area (Å²) in [6.07, 6.45) is 6.48. The van der Waals surface area contributed by atoms with Crippen LogP contribution in [0.1, 0.15) is 36.4 Å². The molecule has 0 unspecified atom stereocenters. The van der Waals surface area contributed by atoms with Crippen LogP contribution < -0.4 is 4.74 Å². The molecule has 5 rings (SSSR count). The van der Waals surface area contributed by atoms with E-state index < -0.39 is 15.8 Å². The van der Waals surface area contributed by atoms with Gasteiger partial charge in [-0.15, -0.1) is 0 Å². The molecule has 1 aliphatic carbocycles. The van der Waals surface area contributed by atoms with Gasteiger partial charge in [0.15, 0.2) is 0 Å². The summed E-state index contributed by atoms with van der Waals surface area (Å²) in [7, 11) is -3.87. The predicted molar refractivity (Wildman–Crippen MR) is 108 cm³/mol. The van der Waals surface area contributed by atoms with E-state index in [-0.39, 0.29) is 17.0 Å². The van der Waals surface area contributed by atoms with Crippen molar-refractivity contribution in [2.24, 2.45) is 0 Å². The molecule has 2 saturated heterocycles. The van der Waals surface area contributed by atoms with Crippen LogP contribution in [0.4, 0.5) is 4.39 Å². The van der Waals surface area contributed by atoms with E-state index in [0.29, 0.717) is 37.9 Å². The Morgan fingerprint density at radius 3 is 2.70 bits per heavy atom. The van der Waals surface area contributed by atoms with E-state index in [1.54, 1.807) is 25.4 Å². The lowest BCUT2D eigenvalue weighted by Crippen LogP contribution is -2.52. The number of nitrogens with zero attached hydrogens (tertiary/aromatic N) is 4. The smallest absolute Gasteiger partial charge is 0.246 e. The molecule has 3 fully saturated rings. The van der Waals surface area contributed by atoms with Crippen molar-refractivity contribution in [1.82, 2.24) is 19.2 Å². The van der Waals surface area contributed by atoms with Gasteiger partial charge in [-0.2, -0.15) is 4.31 Å². The van der Waals surface area contributed by atoms with Crippen LogP contribution in [0.15, 0.2) is 35.5 Å². The second-order valence-electron chi connectivity index (χ2n) is 8.48. The van der Waals surface area contributed by atoms with Crippen molar-refractivity contribution in [2.45, 2.75) is 49.1 Å². The zero-order valence-electron chi connectivity index (χ0n) is 16.9. The molecule has 0 bridgehead atoms. The number of hydrogen-bond acceptors (Lipinski definition) is 6. The van der Waals surface area contributed by atoms with Crippen molar-refractivity contribution >= 4 is 10.0 Å². The first-order valence-electron chi connectivity index (χ1n) is 10.4. The molecular formula is C21H25FN4O3S. The summed E-state index contributed by atoms with van der Waals surface area (Å²) < 4.78 is 47.7. The Kier molecular flexibility index (Phi) is 4.99. The van der Waals surface area contributed by atoms with Gasteiger partial charge in [0.05, 0.1) is 18.1 Å². The highest BCUT2D eigenvalue weighted by Gasteiger charge is 2.41. The Morgan fingerprint density at radius 2 is 1.97 bits per heavy atom. The van der Waals surface area contributed by atoms with E-state index in [0.717, 1.165) is 17.8 Å². The second-order valence-corrected chi connectivity index (χ2v) is 10.4. The minimum Gasteiger partial charge on any atom is -0.472 e. The third-order valence-corrected chi connectivity index (χ3v) is 8.06. The largest absolute Gasteiger partial charge is 0.472 e. The molecule has 0 N–H and O–H groups in total. The molecule has 30 heavy (non-hydrogen) atoms. The monoisotopic (exact) mass is 432 g/mol. The summed E-state index contributed by atoms with van der Waals surface area (Å²) in [6.45, 7) is 3.76. The van der Waals surface area contributed by atoms with Gasteiger partial charge in [-0.1, -0.05) is 6.07 Å². The predicted octanol–water partition coefficient (Wildman–Crippen LogP) is 2.33. The standard InChI is InChI=1S/C21H25FN4O3S/c1-14-2-5-18(22)20(8-14)30(27,28)26-7-6-25-13-17(9-16(25)12-26)29-21-11-23-19(10-24-21)15-3-4-15/h2,5,8,10-11,15-17H,3-4,6-7,9,12-13H2,1H3/t16-,17+/m0/s1. The van der Waals surface area contributed by atoms with Crippen LogP contribution in [0.3, 0.4) is 0 Å². The van der Waals surface area contributed by atoms with Crippen molar-refractivity contribution < 1.29 is 17.5 Å². The normalized spacial score (nSPS) is 25.3. The number of rotatable bonds is 5. The summed E-state index contributed by atoms with van der Waals surface area (Å²) in [4.78, 5) is 10.8. The molecule has 3 heterocycles. The summed E-state index contributed by atoms with van der Waals surface area (Å²) >= 11 is 0. The van der Waals surface area contributed by atoms with Gasteiger partial charge in [-0.25, -0.2) is 17.8 Å². The van der Waals surface area contributed by atoms with E-state index in [2.05, 4.69) is 14.9 Å². The fraction of sp³-hybridized carbons (Fsp3) is 0.524. The topological polar surface area (TPSA) is 75.6 Å². The Labute approximate surface area is 175 Å². The van der Waals surface area contributed by atoms with Crippen LogP contribution in [-0.2, 0) is 10.0 Å². The number of aryl methyl sites for hydroxylation is 1. The number of aromatic nitrogens is 2. The van der Waals surface area contributed by atoms with E-state index in [1.807, 2.05) is 0 Å². The summed E-state index contributed by atoms with van der Waals surface area (Å²) in [5.41, 5.74) is 1.74. The van der Waals surface area contributed by atoms with Crippen molar-refractivity contribution in [3.8, 4) is 5.88 Å². The number of halogens is 1. The Bertz CT molecular complexity index is 1040. The third-order valence-electron chi connectivity index (χ3n) is 6.18. The highest BCUT2D eigenvalue weighted by Crippen LogP contribution is 2.38. The highest BCUT2D eigenvalue weighted by atomic mass is 32.2. The number of benzene rings is 1. The van der Waals surface area contributed by atoms with Crippen LogP contribution in [0.2, 0.25) is 0 Å². The lowest BCUT2D eigenvalue weighted by Gasteiger charge is -2.36. The van der Waals surface area contributed by atoms with Crippen molar-refractivity contribution in [1.29, 1.82) is 0 Å². The molecule has 2 atom stereocenters. The zero-order valence-corrected chi connectivity index (χ0v) is 17.7. The van der Waals surface area contributed by atoms with Gasteiger partial charge in [0, 0.05) is 44.6 Å². The number of hydrogen-bond donors (Lipinski definition) is 0. The van der Waals surface area contributed by atoms with E-state index in [1.165, 1.54) is 29.3 Å². The SMILES string of the molecule is Cc1ccc(F)c(S(=O)(=O)N2CCN3C[C@H](Oc4cnc(C5CC5)cn4)C[C@H]3C2)c1. The summed E-state index contributed by atoms with van der Waals surface area (Å²) in [6, 6.07) is 4.24. The quantitative estimate of drug-likeness (QED) is 0.722. The molecular weight excluding hydrogens is 407 g/mol. The lowest BCUT2D eigenvalue weighted by molar-refractivity contribution is 0.151. The van der Waals surface area contributed by atoms with Crippen molar-refractivity contribution in [3.63, 3.8) is 0 Å². The first-order chi connectivity index (χ1) is 14.4. The number of piperazine rings is 1. The maximum absolute atomic E-state index is 14.2. The maximum atomic E-state index is 14.2. The van der Waals surface area contributed by atoms with Crippen LogP contribution in [-0.4, -0.2) is 65.9 Å². The number of fused-ring (bicyclic) bond motifs is 1. The maximum Gasteiger partial charge on any atom is 0.246 e. The number of ether oxygens (including phenoxy) is 1. The average molecular weight is 433 g/mol. The molecule has 0 spiro atoms. The van der Waals surface area contributed by atoms with Gasteiger partial charge in [-0.05, 0) is 37.5 Å². The molecule has 3 aliphatic rings. The van der Waals surface area contributed by atoms with E-state index >= 15 is 0 Å². The van der Waals surface area contributed by atoms with E-state index in [9.17, 15) is 12.8 Å². The Morgan fingerprint density at radius 1 is 1.13 bits per heavy atom. The zero-order chi connectivity index (χ0) is 20.9. The molecule has 2 aromatic rings. The van der Waals surface area contributed by atoms with Gasteiger partial charge in [0.25, 0.3) is 0 Å². The highest BCUT2D eigenvalue weighted by molar-refractivity contribution is 7.89.